The van der Waals surface area contributed by atoms with Crippen molar-refractivity contribution >= 4 is 11.6 Å². The van der Waals surface area contributed by atoms with Crippen LogP contribution in [0.15, 0.2) is 66.9 Å². The lowest BCUT2D eigenvalue weighted by atomic mass is 9.56. The Hall–Kier alpha value is -3.02. The van der Waals surface area contributed by atoms with Gasteiger partial charge in [-0.25, -0.2) is 0 Å². The van der Waals surface area contributed by atoms with Gasteiger partial charge in [0.25, 0.3) is 5.91 Å². The third kappa shape index (κ3) is 5.55. The fraction of sp³-hybridized carbons (Fsp3) is 0.455. The number of aromatic nitrogens is 1. The highest BCUT2D eigenvalue weighted by molar-refractivity contribution is 6.04. The molecule has 0 bridgehead atoms. The summed E-state index contributed by atoms with van der Waals surface area (Å²) in [6.45, 7) is 5.11. The number of aliphatic hydroxyl groups is 1. The molecule has 2 aliphatic carbocycles. The van der Waals surface area contributed by atoms with Gasteiger partial charge in [-0.1, -0.05) is 43.3 Å². The van der Waals surface area contributed by atoms with Gasteiger partial charge in [0.1, 0.15) is 0 Å². The van der Waals surface area contributed by atoms with Crippen LogP contribution < -0.4 is 5.32 Å². The summed E-state index contributed by atoms with van der Waals surface area (Å²) in [5, 5.41) is 14.6. The van der Waals surface area contributed by atoms with Crippen molar-refractivity contribution in [1.29, 1.82) is 0 Å². The van der Waals surface area contributed by atoms with E-state index in [1.165, 1.54) is 16.7 Å². The maximum Gasteiger partial charge on any atom is 0.255 e. The molecule has 0 saturated heterocycles. The molecular formula is C33H40N2O3. The zero-order valence-corrected chi connectivity index (χ0v) is 22.7. The number of pyridine rings is 1. The zero-order valence-electron chi connectivity index (χ0n) is 22.7. The molecule has 3 atom stereocenters. The SMILES string of the molecule is CCCOC[C@@]1(O)CC[C@@]2(Cc3ccccc3)c3ccc(C(=O)Nc4cccnc4C)cc3CCC[C@H]2C1. The maximum atomic E-state index is 13.2. The van der Waals surface area contributed by atoms with Gasteiger partial charge in [-0.2, -0.15) is 0 Å². The molecule has 1 fully saturated rings. The molecule has 0 radical (unpaired) electrons. The molecule has 1 aromatic heterocycles. The quantitative estimate of drug-likeness (QED) is 0.342. The molecule has 200 valence electrons. The molecule has 5 rings (SSSR count). The highest BCUT2D eigenvalue weighted by Crippen LogP contribution is 2.53. The molecule has 2 aliphatic rings. The van der Waals surface area contributed by atoms with Crippen LogP contribution in [0.1, 0.15) is 78.2 Å². The number of ether oxygens (including phenoxy) is 1. The molecule has 5 heteroatoms. The molecular weight excluding hydrogens is 472 g/mol. The van der Waals surface area contributed by atoms with Gasteiger partial charge in [-0.05, 0) is 105 Å². The first-order valence-corrected chi connectivity index (χ1v) is 14.1. The van der Waals surface area contributed by atoms with Crippen LogP contribution in [0.4, 0.5) is 5.69 Å². The minimum Gasteiger partial charge on any atom is -0.387 e. The molecule has 5 nitrogen and oxygen atoms in total. The van der Waals surface area contributed by atoms with Gasteiger partial charge in [0, 0.05) is 23.8 Å². The predicted molar refractivity (Wildman–Crippen MR) is 152 cm³/mol. The van der Waals surface area contributed by atoms with E-state index in [0.717, 1.165) is 62.7 Å². The van der Waals surface area contributed by atoms with Gasteiger partial charge in [0.05, 0.1) is 23.6 Å². The number of aryl methyl sites for hydroxylation is 2. The minimum atomic E-state index is -0.772. The van der Waals surface area contributed by atoms with Crippen LogP contribution in [0.25, 0.3) is 0 Å². The van der Waals surface area contributed by atoms with E-state index in [1.807, 2.05) is 25.1 Å². The number of hydrogen-bond donors (Lipinski definition) is 2. The summed E-state index contributed by atoms with van der Waals surface area (Å²) in [5.74, 6) is 0.249. The van der Waals surface area contributed by atoms with Crippen LogP contribution in [0.3, 0.4) is 0 Å². The molecule has 0 spiro atoms. The first-order valence-electron chi connectivity index (χ1n) is 14.1. The average molecular weight is 513 g/mol. The van der Waals surface area contributed by atoms with Crippen LogP contribution in [0.5, 0.6) is 0 Å². The fourth-order valence-electron chi connectivity index (χ4n) is 6.75. The third-order valence-electron chi connectivity index (χ3n) is 8.68. The number of fused-ring (bicyclic) bond motifs is 3. The smallest absolute Gasteiger partial charge is 0.255 e. The molecule has 0 unspecified atom stereocenters. The van der Waals surface area contributed by atoms with E-state index >= 15 is 0 Å². The molecule has 1 heterocycles. The normalized spacial score (nSPS) is 24.7. The molecule has 2 aromatic carbocycles. The second kappa shape index (κ2) is 11.4. The van der Waals surface area contributed by atoms with Crippen molar-refractivity contribution in [2.45, 2.75) is 76.2 Å². The Bertz CT molecular complexity index is 1260. The summed E-state index contributed by atoms with van der Waals surface area (Å²) in [6.07, 6.45) is 9.08. The number of hydrogen-bond acceptors (Lipinski definition) is 4. The highest BCUT2D eigenvalue weighted by Gasteiger charge is 2.50. The Kier molecular flexibility index (Phi) is 7.96. The van der Waals surface area contributed by atoms with E-state index in [9.17, 15) is 9.90 Å². The van der Waals surface area contributed by atoms with Gasteiger partial charge < -0.3 is 15.2 Å². The second-order valence-corrected chi connectivity index (χ2v) is 11.4. The monoisotopic (exact) mass is 512 g/mol. The second-order valence-electron chi connectivity index (χ2n) is 11.4. The number of nitrogens with one attached hydrogen (secondary N) is 1. The summed E-state index contributed by atoms with van der Waals surface area (Å²) in [6, 6.07) is 20.8. The number of carbonyl (C=O) groups is 1. The molecule has 2 N–H and O–H groups in total. The van der Waals surface area contributed by atoms with Crippen molar-refractivity contribution in [2.24, 2.45) is 5.92 Å². The molecule has 1 saturated carbocycles. The predicted octanol–water partition coefficient (Wildman–Crippen LogP) is 6.42. The molecule has 1 amide bonds. The van der Waals surface area contributed by atoms with Crippen molar-refractivity contribution in [3.8, 4) is 0 Å². The number of benzene rings is 2. The molecule has 38 heavy (non-hydrogen) atoms. The van der Waals surface area contributed by atoms with Crippen LogP contribution in [-0.2, 0) is 23.0 Å². The van der Waals surface area contributed by atoms with Crippen molar-refractivity contribution in [3.63, 3.8) is 0 Å². The lowest BCUT2D eigenvalue weighted by molar-refractivity contribution is -0.0987. The zero-order chi connectivity index (χ0) is 26.6. The summed E-state index contributed by atoms with van der Waals surface area (Å²) in [5.41, 5.74) is 5.34. The van der Waals surface area contributed by atoms with Crippen LogP contribution >= 0.6 is 0 Å². The Labute approximate surface area is 226 Å². The third-order valence-corrected chi connectivity index (χ3v) is 8.68. The van der Waals surface area contributed by atoms with E-state index < -0.39 is 5.60 Å². The summed E-state index contributed by atoms with van der Waals surface area (Å²) >= 11 is 0. The van der Waals surface area contributed by atoms with Crippen molar-refractivity contribution in [1.82, 2.24) is 4.98 Å². The van der Waals surface area contributed by atoms with Crippen molar-refractivity contribution in [3.05, 3.63) is 94.8 Å². The summed E-state index contributed by atoms with van der Waals surface area (Å²) in [4.78, 5) is 17.5. The van der Waals surface area contributed by atoms with Crippen LogP contribution in [0.2, 0.25) is 0 Å². The standard InChI is InChI=1S/C33H40N2O3/c1-3-19-38-23-32(37)16-17-33(21-25-9-5-4-6-10-25)28(22-32)12-7-11-26-20-27(14-15-29(26)33)31(36)35-30-13-8-18-34-24(30)2/h4-6,8-10,13-15,18,20,28,37H,3,7,11-12,16-17,19,21-23H2,1-2H3,(H,35,36)/t28-,32+,33-/m0/s1. The largest absolute Gasteiger partial charge is 0.387 e. The van der Waals surface area contributed by atoms with E-state index in [0.29, 0.717) is 24.7 Å². The number of anilines is 1. The fourth-order valence-corrected chi connectivity index (χ4v) is 6.75. The Morgan fingerprint density at radius 3 is 2.76 bits per heavy atom. The van der Waals surface area contributed by atoms with Gasteiger partial charge in [0.2, 0.25) is 0 Å². The van der Waals surface area contributed by atoms with E-state index in [1.54, 1.807) is 6.20 Å². The Balaban J connectivity index is 1.48. The summed E-state index contributed by atoms with van der Waals surface area (Å²) < 4.78 is 5.86. The highest BCUT2D eigenvalue weighted by atomic mass is 16.5. The van der Waals surface area contributed by atoms with E-state index in [4.69, 9.17) is 4.74 Å². The summed E-state index contributed by atoms with van der Waals surface area (Å²) in [7, 11) is 0. The Morgan fingerprint density at radius 1 is 1.13 bits per heavy atom. The van der Waals surface area contributed by atoms with Crippen LogP contribution in [-0.4, -0.2) is 34.8 Å². The lowest BCUT2D eigenvalue weighted by Gasteiger charge is -2.50. The van der Waals surface area contributed by atoms with E-state index in [2.05, 4.69) is 59.7 Å². The molecule has 3 aromatic rings. The van der Waals surface area contributed by atoms with Gasteiger partial charge in [0.15, 0.2) is 0 Å². The number of carbonyl (C=O) groups excluding carboxylic acids is 1. The number of amides is 1. The van der Waals surface area contributed by atoms with Gasteiger partial charge >= 0.3 is 0 Å². The lowest BCUT2D eigenvalue weighted by Crippen LogP contribution is -2.51. The maximum absolute atomic E-state index is 13.2. The number of nitrogens with zero attached hydrogens (tertiary/aromatic N) is 1. The van der Waals surface area contributed by atoms with Crippen molar-refractivity contribution < 1.29 is 14.6 Å². The first kappa shape index (κ1) is 26.6. The Morgan fingerprint density at radius 2 is 1.97 bits per heavy atom. The number of rotatable bonds is 8. The molecule has 0 aliphatic heterocycles. The minimum absolute atomic E-state index is 0.0703. The first-order chi connectivity index (χ1) is 18.4. The van der Waals surface area contributed by atoms with Gasteiger partial charge in [-0.3, -0.25) is 9.78 Å². The van der Waals surface area contributed by atoms with E-state index in [-0.39, 0.29) is 11.3 Å². The van der Waals surface area contributed by atoms with Gasteiger partial charge in [-0.15, -0.1) is 0 Å². The van der Waals surface area contributed by atoms with Crippen molar-refractivity contribution in [2.75, 3.05) is 18.5 Å². The topological polar surface area (TPSA) is 71.5 Å². The average Bonchev–Trinajstić information content (AvgIpc) is 3.07. The van der Waals surface area contributed by atoms with Crippen LogP contribution in [0, 0.1) is 12.8 Å².